The summed E-state index contributed by atoms with van der Waals surface area (Å²) in [7, 11) is 0. The van der Waals surface area contributed by atoms with E-state index in [0.29, 0.717) is 30.3 Å². The molecular weight excluding hydrogens is 388 g/mol. The summed E-state index contributed by atoms with van der Waals surface area (Å²) in [6.07, 6.45) is 0. The van der Waals surface area contributed by atoms with Gasteiger partial charge in [0, 0.05) is 11.1 Å². The minimum absolute atomic E-state index is 0.0387. The quantitative estimate of drug-likeness (QED) is 0.302. The van der Waals surface area contributed by atoms with E-state index >= 15 is 0 Å². The second-order valence-electron chi connectivity index (χ2n) is 7.69. The van der Waals surface area contributed by atoms with Crippen LogP contribution in [0.25, 0.3) is 0 Å². The van der Waals surface area contributed by atoms with Crippen molar-refractivity contribution in [3.05, 3.63) is 94.5 Å². The molecule has 0 bridgehead atoms. The molecule has 0 fully saturated rings. The van der Waals surface area contributed by atoms with Gasteiger partial charge in [-0.15, -0.1) is 0 Å². The summed E-state index contributed by atoms with van der Waals surface area (Å²) in [5, 5.41) is 14.9. The summed E-state index contributed by atoms with van der Waals surface area (Å²) in [5.74, 6) is 1.91. The number of hydrogen-bond acceptors (Lipinski definition) is 4. The first kappa shape index (κ1) is 21.9. The van der Waals surface area contributed by atoms with Gasteiger partial charge in [0.2, 0.25) is 0 Å². The first-order valence-corrected chi connectivity index (χ1v) is 10.1. The SMILES string of the molecule is CC(C)c1cc(COc2ccc(C(=N)N)cc2)cc(COc2ccc(C(=N)N)cc2)c1. The minimum Gasteiger partial charge on any atom is -0.489 e. The average molecular weight is 417 g/mol. The van der Waals surface area contributed by atoms with E-state index in [1.54, 1.807) is 24.3 Å². The normalized spacial score (nSPS) is 10.7. The van der Waals surface area contributed by atoms with E-state index in [1.165, 1.54) is 5.56 Å². The molecule has 0 saturated carbocycles. The van der Waals surface area contributed by atoms with Crippen molar-refractivity contribution in [2.45, 2.75) is 33.0 Å². The second-order valence-corrected chi connectivity index (χ2v) is 7.69. The molecule has 0 aliphatic heterocycles. The number of amidine groups is 2. The Morgan fingerprint density at radius 2 is 1.10 bits per heavy atom. The van der Waals surface area contributed by atoms with E-state index in [2.05, 4.69) is 32.0 Å². The molecule has 3 aromatic rings. The van der Waals surface area contributed by atoms with Crippen molar-refractivity contribution in [3.63, 3.8) is 0 Å². The third-order valence-electron chi connectivity index (χ3n) is 4.88. The maximum atomic E-state index is 7.47. The highest BCUT2D eigenvalue weighted by Crippen LogP contribution is 2.22. The highest BCUT2D eigenvalue weighted by molar-refractivity contribution is 5.95. The van der Waals surface area contributed by atoms with Gasteiger partial charge in [-0.2, -0.15) is 0 Å². The Balaban J connectivity index is 1.69. The van der Waals surface area contributed by atoms with Gasteiger partial charge in [-0.05, 0) is 77.2 Å². The van der Waals surface area contributed by atoms with Crippen LogP contribution in [0.5, 0.6) is 11.5 Å². The van der Waals surface area contributed by atoms with E-state index in [9.17, 15) is 0 Å². The van der Waals surface area contributed by atoms with Crippen LogP contribution in [0.15, 0.2) is 66.7 Å². The van der Waals surface area contributed by atoms with Crippen LogP contribution >= 0.6 is 0 Å². The fourth-order valence-electron chi connectivity index (χ4n) is 3.09. The van der Waals surface area contributed by atoms with Crippen LogP contribution in [-0.4, -0.2) is 11.7 Å². The van der Waals surface area contributed by atoms with Crippen molar-refractivity contribution in [1.82, 2.24) is 0 Å². The van der Waals surface area contributed by atoms with Gasteiger partial charge in [-0.1, -0.05) is 26.0 Å². The van der Waals surface area contributed by atoms with E-state index < -0.39 is 0 Å². The molecule has 3 aromatic carbocycles. The molecule has 0 spiro atoms. The number of nitrogens with one attached hydrogen (secondary N) is 2. The molecule has 0 unspecified atom stereocenters. The Kier molecular flexibility index (Phi) is 6.92. The predicted octanol–water partition coefficient (Wildman–Crippen LogP) is 4.54. The lowest BCUT2D eigenvalue weighted by molar-refractivity contribution is 0.299. The zero-order valence-electron chi connectivity index (χ0n) is 17.8. The fourth-order valence-corrected chi connectivity index (χ4v) is 3.09. The maximum Gasteiger partial charge on any atom is 0.122 e. The summed E-state index contributed by atoms with van der Waals surface area (Å²) in [6.45, 7) is 5.18. The molecule has 0 aromatic heterocycles. The topological polar surface area (TPSA) is 118 Å². The Labute approximate surface area is 182 Å². The molecule has 0 saturated heterocycles. The summed E-state index contributed by atoms with van der Waals surface area (Å²) < 4.78 is 11.9. The van der Waals surface area contributed by atoms with Crippen molar-refractivity contribution in [2.24, 2.45) is 11.5 Å². The lowest BCUT2D eigenvalue weighted by Gasteiger charge is -2.14. The van der Waals surface area contributed by atoms with Gasteiger partial charge in [-0.25, -0.2) is 0 Å². The molecule has 6 nitrogen and oxygen atoms in total. The predicted molar refractivity (Wildman–Crippen MR) is 124 cm³/mol. The lowest BCUT2D eigenvalue weighted by atomic mass is 9.98. The van der Waals surface area contributed by atoms with Gasteiger partial charge in [-0.3, -0.25) is 10.8 Å². The Bertz CT molecular complexity index is 978. The minimum atomic E-state index is 0.0387. The summed E-state index contributed by atoms with van der Waals surface area (Å²) in [5.41, 5.74) is 15.7. The summed E-state index contributed by atoms with van der Waals surface area (Å²) in [4.78, 5) is 0. The van der Waals surface area contributed by atoms with Gasteiger partial charge in [0.15, 0.2) is 0 Å². The molecule has 3 rings (SSSR count). The number of hydrogen-bond donors (Lipinski definition) is 4. The molecule has 0 radical (unpaired) electrons. The zero-order chi connectivity index (χ0) is 22.4. The highest BCUT2D eigenvalue weighted by Gasteiger charge is 2.07. The van der Waals surface area contributed by atoms with Gasteiger partial charge in [0.05, 0.1) is 0 Å². The van der Waals surface area contributed by atoms with Crippen molar-refractivity contribution in [3.8, 4) is 11.5 Å². The molecule has 0 amide bonds. The zero-order valence-corrected chi connectivity index (χ0v) is 17.8. The smallest absolute Gasteiger partial charge is 0.122 e. The first-order valence-electron chi connectivity index (χ1n) is 10.1. The largest absolute Gasteiger partial charge is 0.489 e. The van der Waals surface area contributed by atoms with Crippen LogP contribution in [0.3, 0.4) is 0 Å². The van der Waals surface area contributed by atoms with E-state index in [0.717, 1.165) is 22.6 Å². The summed E-state index contributed by atoms with van der Waals surface area (Å²) in [6, 6.07) is 20.8. The number of rotatable bonds is 9. The molecular formula is C25H28N4O2. The van der Waals surface area contributed by atoms with Crippen LogP contribution in [0, 0.1) is 10.8 Å². The van der Waals surface area contributed by atoms with Gasteiger partial charge < -0.3 is 20.9 Å². The summed E-state index contributed by atoms with van der Waals surface area (Å²) >= 11 is 0. The molecule has 31 heavy (non-hydrogen) atoms. The first-order chi connectivity index (χ1) is 14.8. The number of nitrogens with two attached hydrogens (primary N) is 2. The molecule has 6 N–H and O–H groups in total. The van der Waals surface area contributed by atoms with E-state index in [-0.39, 0.29) is 11.7 Å². The molecule has 0 atom stereocenters. The average Bonchev–Trinajstić information content (AvgIpc) is 2.76. The number of benzene rings is 3. The van der Waals surface area contributed by atoms with Crippen LogP contribution in [0.4, 0.5) is 0 Å². The maximum absolute atomic E-state index is 7.47. The Morgan fingerprint density at radius 3 is 1.42 bits per heavy atom. The van der Waals surface area contributed by atoms with Crippen LogP contribution < -0.4 is 20.9 Å². The van der Waals surface area contributed by atoms with Crippen LogP contribution in [-0.2, 0) is 13.2 Å². The molecule has 0 aliphatic rings. The molecule has 160 valence electrons. The Hall–Kier alpha value is -3.80. The van der Waals surface area contributed by atoms with E-state index in [4.69, 9.17) is 31.8 Å². The van der Waals surface area contributed by atoms with E-state index in [1.807, 2.05) is 24.3 Å². The van der Waals surface area contributed by atoms with Crippen LogP contribution in [0.1, 0.15) is 47.6 Å². The Morgan fingerprint density at radius 1 is 0.710 bits per heavy atom. The highest BCUT2D eigenvalue weighted by atomic mass is 16.5. The van der Waals surface area contributed by atoms with Crippen molar-refractivity contribution in [1.29, 1.82) is 10.8 Å². The molecule has 0 aliphatic carbocycles. The van der Waals surface area contributed by atoms with Crippen LogP contribution in [0.2, 0.25) is 0 Å². The second kappa shape index (κ2) is 9.80. The number of nitrogen functional groups attached to an aromatic ring is 2. The third-order valence-corrected chi connectivity index (χ3v) is 4.88. The lowest BCUT2D eigenvalue weighted by Crippen LogP contribution is -2.10. The number of ether oxygens (including phenoxy) is 2. The van der Waals surface area contributed by atoms with Crippen molar-refractivity contribution >= 4 is 11.7 Å². The van der Waals surface area contributed by atoms with Gasteiger partial charge >= 0.3 is 0 Å². The van der Waals surface area contributed by atoms with Gasteiger partial charge in [0.25, 0.3) is 0 Å². The third kappa shape index (κ3) is 6.09. The standard InChI is InChI=1S/C25H28N4O2/c1-16(2)21-12-17(14-30-22-7-3-19(4-8-22)24(26)27)11-18(13-21)15-31-23-9-5-20(6-10-23)25(28)29/h3-13,16H,14-15H2,1-2H3,(H3,26,27)(H3,28,29). The monoisotopic (exact) mass is 416 g/mol. The molecule has 0 heterocycles. The van der Waals surface area contributed by atoms with Gasteiger partial charge in [0.1, 0.15) is 36.4 Å². The van der Waals surface area contributed by atoms with Crippen molar-refractivity contribution < 1.29 is 9.47 Å². The molecule has 6 heteroatoms. The fraction of sp³-hybridized carbons (Fsp3) is 0.200. The van der Waals surface area contributed by atoms with Crippen molar-refractivity contribution in [2.75, 3.05) is 0 Å².